The lowest BCUT2D eigenvalue weighted by atomic mass is 9.82. The van der Waals surface area contributed by atoms with Gasteiger partial charge >= 0.3 is 0 Å². The van der Waals surface area contributed by atoms with Crippen LogP contribution >= 0.6 is 0 Å². The molecule has 10 aromatic rings. The van der Waals surface area contributed by atoms with Gasteiger partial charge in [0.2, 0.25) is 0 Å². The zero-order chi connectivity index (χ0) is 44.5. The second-order valence-corrected chi connectivity index (χ2v) is 16.0. The molecule has 1 heterocycles. The van der Waals surface area contributed by atoms with Crippen LogP contribution in [0.15, 0.2) is 254 Å². The van der Waals surface area contributed by atoms with E-state index >= 15 is 0 Å². The third kappa shape index (κ3) is 9.14. The molecule has 0 fully saturated rings. The van der Waals surface area contributed by atoms with Crippen molar-refractivity contribution in [1.29, 1.82) is 0 Å². The molecule has 66 heavy (non-hydrogen) atoms. The van der Waals surface area contributed by atoms with Gasteiger partial charge < -0.3 is 5.73 Å². The summed E-state index contributed by atoms with van der Waals surface area (Å²) >= 11 is 0. The van der Waals surface area contributed by atoms with E-state index in [1.165, 1.54) is 5.56 Å². The Hall–Kier alpha value is -8.80. The Balaban J connectivity index is 1.12. The number of rotatable bonds is 12. The largest absolute Gasteiger partial charge is 0.383 e. The molecule has 2 N–H and O–H groups in total. The van der Waals surface area contributed by atoms with Crippen LogP contribution in [0.5, 0.6) is 0 Å². The van der Waals surface area contributed by atoms with Crippen molar-refractivity contribution in [2.24, 2.45) is 10.7 Å². The van der Waals surface area contributed by atoms with Crippen molar-refractivity contribution in [2.45, 2.75) is 6.42 Å². The predicted molar refractivity (Wildman–Crippen MR) is 273 cm³/mol. The summed E-state index contributed by atoms with van der Waals surface area (Å²) < 4.78 is 0. The third-order valence-electron chi connectivity index (χ3n) is 11.7. The first-order valence-electron chi connectivity index (χ1n) is 22.1. The Bertz CT molecular complexity index is 3210. The smallest absolute Gasteiger partial charge is 0.164 e. The van der Waals surface area contributed by atoms with Gasteiger partial charge in [-0.3, -0.25) is 0 Å². The van der Waals surface area contributed by atoms with Gasteiger partial charge in [0.15, 0.2) is 17.5 Å². The molecule has 0 saturated carbocycles. The van der Waals surface area contributed by atoms with Crippen LogP contribution in [0.3, 0.4) is 0 Å². The third-order valence-corrected chi connectivity index (χ3v) is 11.7. The maximum absolute atomic E-state index is 6.68. The number of aromatic nitrogens is 3. The molecule has 0 aliphatic rings. The van der Waals surface area contributed by atoms with Crippen molar-refractivity contribution in [3.8, 4) is 78.7 Å². The Labute approximate surface area is 386 Å². The van der Waals surface area contributed by atoms with E-state index in [0.717, 1.165) is 78.0 Å². The molecule has 0 spiro atoms. The minimum Gasteiger partial charge on any atom is -0.383 e. The fourth-order valence-electron chi connectivity index (χ4n) is 8.31. The van der Waals surface area contributed by atoms with Gasteiger partial charge in [0.1, 0.15) is 5.84 Å². The van der Waals surface area contributed by atoms with Gasteiger partial charge in [-0.2, -0.15) is 0 Å². The van der Waals surface area contributed by atoms with E-state index in [9.17, 15) is 0 Å². The van der Waals surface area contributed by atoms with Crippen molar-refractivity contribution >= 4 is 11.5 Å². The van der Waals surface area contributed by atoms with E-state index in [4.69, 9.17) is 25.7 Å². The first-order valence-corrected chi connectivity index (χ1v) is 22.1. The Morgan fingerprint density at radius 3 is 1.14 bits per heavy atom. The molecular weight excluding hydrogens is 803 g/mol. The summed E-state index contributed by atoms with van der Waals surface area (Å²) in [4.78, 5) is 20.0. The van der Waals surface area contributed by atoms with E-state index in [2.05, 4.69) is 152 Å². The first kappa shape index (κ1) is 41.2. The average Bonchev–Trinajstić information content (AvgIpc) is 3.41. The maximum atomic E-state index is 6.68. The summed E-state index contributed by atoms with van der Waals surface area (Å²) in [5.74, 6) is 2.33. The monoisotopic (exact) mass is 847 g/mol. The number of allylic oxidation sites excluding steroid dienone is 1. The number of nitrogens with zero attached hydrogens (tertiary/aromatic N) is 4. The van der Waals surface area contributed by atoms with Crippen LogP contribution in [0.2, 0.25) is 0 Å². The molecule has 314 valence electrons. The SMILES string of the molecule is NC(=N/C(=C\Cc1ccccc1)c1ccc(-c2c(-c3ccccc3)ccc(-c3ccccc3)c2-c2ccc(-c3nc(-c4ccccc4)nc(-c4ccccc4)n3)cc2)cc1)c1ccccc1. The molecule has 0 bridgehead atoms. The Morgan fingerprint density at radius 2 is 0.697 bits per heavy atom. The molecule has 0 radical (unpaired) electrons. The maximum Gasteiger partial charge on any atom is 0.164 e. The van der Waals surface area contributed by atoms with Gasteiger partial charge in [-0.1, -0.05) is 249 Å². The van der Waals surface area contributed by atoms with Gasteiger partial charge in [0, 0.05) is 22.3 Å². The fraction of sp³-hybridized carbons (Fsp3) is 0.0164. The van der Waals surface area contributed by atoms with Crippen molar-refractivity contribution in [1.82, 2.24) is 15.0 Å². The van der Waals surface area contributed by atoms with Crippen molar-refractivity contribution in [3.05, 3.63) is 265 Å². The zero-order valence-corrected chi connectivity index (χ0v) is 36.2. The number of hydrogen-bond donors (Lipinski definition) is 1. The zero-order valence-electron chi connectivity index (χ0n) is 36.2. The van der Waals surface area contributed by atoms with Gasteiger partial charge in [-0.05, 0) is 62.1 Å². The summed E-state index contributed by atoms with van der Waals surface area (Å²) in [5, 5.41) is 0. The van der Waals surface area contributed by atoms with Gasteiger partial charge in [0.05, 0.1) is 5.70 Å². The normalized spacial score (nSPS) is 11.6. The van der Waals surface area contributed by atoms with Crippen molar-refractivity contribution < 1.29 is 0 Å². The number of hydrogen-bond acceptors (Lipinski definition) is 4. The van der Waals surface area contributed by atoms with Crippen LogP contribution in [0.25, 0.3) is 84.4 Å². The first-order chi connectivity index (χ1) is 32.6. The van der Waals surface area contributed by atoms with Crippen molar-refractivity contribution in [2.75, 3.05) is 0 Å². The van der Waals surface area contributed by atoms with E-state index in [1.54, 1.807) is 0 Å². The summed E-state index contributed by atoms with van der Waals surface area (Å²) in [6.45, 7) is 0. The Kier molecular flexibility index (Phi) is 12.1. The molecular formula is C61H45N5. The van der Waals surface area contributed by atoms with Crippen LogP contribution < -0.4 is 5.73 Å². The van der Waals surface area contributed by atoms with Gasteiger partial charge in [0.25, 0.3) is 0 Å². The van der Waals surface area contributed by atoms with Gasteiger partial charge in [-0.15, -0.1) is 0 Å². The number of benzene rings is 9. The quantitative estimate of drug-likeness (QED) is 0.0981. The van der Waals surface area contributed by atoms with Crippen LogP contribution in [0.4, 0.5) is 0 Å². The van der Waals surface area contributed by atoms with Crippen LogP contribution in [-0.2, 0) is 6.42 Å². The molecule has 0 unspecified atom stereocenters. The molecule has 1 aromatic heterocycles. The number of aliphatic imine (C=N–C) groups is 1. The molecule has 0 aliphatic carbocycles. The highest BCUT2D eigenvalue weighted by Crippen LogP contribution is 2.46. The van der Waals surface area contributed by atoms with Crippen LogP contribution in [-0.4, -0.2) is 20.8 Å². The van der Waals surface area contributed by atoms with Crippen molar-refractivity contribution in [3.63, 3.8) is 0 Å². The molecule has 0 atom stereocenters. The molecule has 0 aliphatic heterocycles. The summed E-state index contributed by atoms with van der Waals surface area (Å²) in [6.07, 6.45) is 2.88. The highest BCUT2D eigenvalue weighted by Gasteiger charge is 2.21. The fourth-order valence-corrected chi connectivity index (χ4v) is 8.31. The van der Waals surface area contributed by atoms with Crippen LogP contribution in [0.1, 0.15) is 16.7 Å². The van der Waals surface area contributed by atoms with E-state index in [-0.39, 0.29) is 0 Å². The molecule has 9 aromatic carbocycles. The summed E-state index contributed by atoms with van der Waals surface area (Å²) in [5.41, 5.74) is 22.2. The topological polar surface area (TPSA) is 77.0 Å². The summed E-state index contributed by atoms with van der Waals surface area (Å²) in [6, 6.07) is 83.7. The Morgan fingerprint density at radius 1 is 0.348 bits per heavy atom. The minimum atomic E-state index is 0.469. The molecule has 0 saturated heterocycles. The number of nitrogens with two attached hydrogens (primary N) is 1. The number of amidine groups is 1. The molecule has 10 rings (SSSR count). The van der Waals surface area contributed by atoms with E-state index < -0.39 is 0 Å². The highest BCUT2D eigenvalue weighted by atomic mass is 15.0. The highest BCUT2D eigenvalue weighted by molar-refractivity contribution is 6.03. The predicted octanol–water partition coefficient (Wildman–Crippen LogP) is 14.5. The van der Waals surface area contributed by atoms with E-state index in [0.29, 0.717) is 29.7 Å². The second-order valence-electron chi connectivity index (χ2n) is 16.0. The standard InChI is InChI=1S/C61H45N5/c62-58(49-25-13-4-14-26-49)63-55(42-31-43-19-7-1-8-20-43)46-32-34-47(35-33-46)56-53(44-21-9-2-10-22-44)40-41-54(45-23-11-3-12-24-45)57(56)48-36-38-52(39-37-48)61-65-59(50-27-15-5-16-28-50)64-60(66-61)51-29-17-6-18-30-51/h1-30,32-42H,31H2,(H2,62,63)/b55-42-. The molecule has 5 nitrogen and oxygen atoms in total. The van der Waals surface area contributed by atoms with E-state index in [1.807, 2.05) is 97.1 Å². The molecule has 5 heteroatoms. The lowest BCUT2D eigenvalue weighted by Gasteiger charge is -2.21. The van der Waals surface area contributed by atoms with Gasteiger partial charge in [-0.25, -0.2) is 19.9 Å². The molecule has 0 amide bonds. The lowest BCUT2D eigenvalue weighted by molar-refractivity contribution is 1.07. The minimum absolute atomic E-state index is 0.469. The lowest BCUT2D eigenvalue weighted by Crippen LogP contribution is -2.13. The van der Waals surface area contributed by atoms with Crippen LogP contribution in [0, 0.1) is 0 Å². The average molecular weight is 848 g/mol. The summed E-state index contributed by atoms with van der Waals surface area (Å²) in [7, 11) is 0. The second kappa shape index (κ2) is 19.3.